The summed E-state index contributed by atoms with van der Waals surface area (Å²) in [6.45, 7) is 0. The number of rotatable bonds is 0. The van der Waals surface area contributed by atoms with Crippen molar-refractivity contribution in [2.75, 3.05) is 11.5 Å². The van der Waals surface area contributed by atoms with E-state index in [1.54, 1.807) is 0 Å². The molecule has 0 aliphatic carbocycles. The van der Waals surface area contributed by atoms with Gasteiger partial charge >= 0.3 is 0 Å². The largest absolute Gasteiger partial charge is 0.396 e. The molecule has 0 atom stereocenters. The zero-order chi connectivity index (χ0) is 11.2. The summed E-state index contributed by atoms with van der Waals surface area (Å²) in [5.74, 6) is -1.31. The van der Waals surface area contributed by atoms with Crippen LogP contribution < -0.4 is 11.5 Å². The van der Waals surface area contributed by atoms with Crippen LogP contribution in [0.4, 0.5) is 20.2 Å². The number of benzene rings is 1. The van der Waals surface area contributed by atoms with Gasteiger partial charge in [0.1, 0.15) is 11.3 Å². The molecule has 0 radical (unpaired) electrons. The fraction of sp³-hybridized carbons (Fsp3) is 0. The lowest BCUT2D eigenvalue weighted by Crippen LogP contribution is -2.00. The second-order valence-electron chi connectivity index (χ2n) is 3.01. The minimum Gasteiger partial charge on any atom is -0.396 e. The second-order valence-corrected chi connectivity index (χ2v) is 3.86. The predicted octanol–water partition coefficient (Wildman–Crippen LogP) is 2.44. The van der Waals surface area contributed by atoms with Crippen molar-refractivity contribution < 1.29 is 8.78 Å². The van der Waals surface area contributed by atoms with Crippen molar-refractivity contribution in [2.45, 2.75) is 0 Å². The van der Waals surface area contributed by atoms with E-state index in [0.717, 1.165) is 6.07 Å². The van der Waals surface area contributed by atoms with E-state index in [0.29, 0.717) is 0 Å². The Morgan fingerprint density at radius 2 is 1.93 bits per heavy atom. The Hall–Kier alpha value is -1.43. The molecule has 0 saturated carbocycles. The maximum atomic E-state index is 13.6. The van der Waals surface area contributed by atoms with Crippen LogP contribution in [-0.4, -0.2) is 4.98 Å². The van der Waals surface area contributed by atoms with E-state index in [1.165, 1.54) is 6.20 Å². The minimum absolute atomic E-state index is 0.00213. The Labute approximate surface area is 92.2 Å². The lowest BCUT2D eigenvalue weighted by atomic mass is 10.1. The van der Waals surface area contributed by atoms with E-state index < -0.39 is 11.6 Å². The maximum absolute atomic E-state index is 13.6. The summed E-state index contributed by atoms with van der Waals surface area (Å²) in [7, 11) is 0. The van der Waals surface area contributed by atoms with E-state index in [1.807, 2.05) is 0 Å². The minimum atomic E-state index is -0.663. The summed E-state index contributed by atoms with van der Waals surface area (Å²) in [4.78, 5) is 3.70. The Bertz CT molecular complexity index is 549. The molecule has 6 heteroatoms. The van der Waals surface area contributed by atoms with Crippen molar-refractivity contribution >= 4 is 38.2 Å². The number of pyridine rings is 1. The van der Waals surface area contributed by atoms with Crippen LogP contribution >= 0.6 is 15.9 Å². The van der Waals surface area contributed by atoms with Crippen LogP contribution in [0, 0.1) is 11.6 Å². The summed E-state index contributed by atoms with van der Waals surface area (Å²) >= 11 is 2.89. The van der Waals surface area contributed by atoms with E-state index >= 15 is 0 Å². The average molecular weight is 274 g/mol. The molecule has 0 aliphatic heterocycles. The molecule has 0 bridgehead atoms. The van der Waals surface area contributed by atoms with Crippen LogP contribution in [-0.2, 0) is 0 Å². The van der Waals surface area contributed by atoms with E-state index in [-0.39, 0.29) is 26.8 Å². The summed E-state index contributed by atoms with van der Waals surface area (Å²) in [6.07, 6.45) is 1.20. The number of halogens is 3. The third kappa shape index (κ3) is 1.41. The van der Waals surface area contributed by atoms with Gasteiger partial charge in [-0.05, 0) is 22.0 Å². The Kier molecular flexibility index (Phi) is 2.22. The molecule has 3 nitrogen and oxygen atoms in total. The number of aromatic nitrogens is 1. The third-order valence-corrected chi connectivity index (χ3v) is 2.64. The Balaban J connectivity index is 3.04. The third-order valence-electron chi connectivity index (χ3n) is 2.06. The molecule has 0 saturated heterocycles. The van der Waals surface area contributed by atoms with Gasteiger partial charge in [0.2, 0.25) is 0 Å². The van der Waals surface area contributed by atoms with Crippen LogP contribution in [0.1, 0.15) is 0 Å². The predicted molar refractivity (Wildman–Crippen MR) is 58.2 cm³/mol. The highest BCUT2D eigenvalue weighted by Gasteiger charge is 2.15. The fourth-order valence-corrected chi connectivity index (χ4v) is 1.70. The van der Waals surface area contributed by atoms with Gasteiger partial charge in [-0.2, -0.15) is 0 Å². The summed E-state index contributed by atoms with van der Waals surface area (Å²) in [5, 5.41) is -0.0955. The van der Waals surface area contributed by atoms with Crippen LogP contribution in [0.5, 0.6) is 0 Å². The SMILES string of the molecule is Nc1cnc2c(F)cc(Br)c(F)c2c1N. The zero-order valence-electron chi connectivity index (χ0n) is 7.39. The molecule has 2 rings (SSSR count). The van der Waals surface area contributed by atoms with Crippen molar-refractivity contribution in [1.29, 1.82) is 0 Å². The molecule has 78 valence electrons. The van der Waals surface area contributed by atoms with Gasteiger partial charge in [-0.3, -0.25) is 4.98 Å². The number of nitrogen functional groups attached to an aromatic ring is 2. The number of anilines is 2. The molecule has 4 N–H and O–H groups in total. The van der Waals surface area contributed by atoms with Crippen molar-refractivity contribution in [1.82, 2.24) is 4.98 Å². The standard InChI is InChI=1S/C9H6BrF2N3/c10-3-1-4(11)9-6(7(3)12)8(14)5(13)2-15-9/h1-2H,13H2,(H2,14,15). The van der Waals surface area contributed by atoms with Gasteiger partial charge in [-0.25, -0.2) is 8.78 Å². The summed E-state index contributed by atoms with van der Waals surface area (Å²) in [6, 6.07) is 1.00. The van der Waals surface area contributed by atoms with Crippen LogP contribution in [0.15, 0.2) is 16.7 Å². The smallest absolute Gasteiger partial charge is 0.150 e. The molecule has 2 aromatic rings. The van der Waals surface area contributed by atoms with Crippen LogP contribution in [0.3, 0.4) is 0 Å². The molecule has 1 aromatic carbocycles. The van der Waals surface area contributed by atoms with Gasteiger partial charge in [0, 0.05) is 0 Å². The first-order valence-electron chi connectivity index (χ1n) is 3.99. The number of nitrogens with two attached hydrogens (primary N) is 2. The molecular formula is C9H6BrF2N3. The Morgan fingerprint density at radius 3 is 2.60 bits per heavy atom. The number of fused-ring (bicyclic) bond motifs is 1. The van der Waals surface area contributed by atoms with Crippen LogP contribution in [0.25, 0.3) is 10.9 Å². The average Bonchev–Trinajstić information content (AvgIpc) is 2.19. The lowest BCUT2D eigenvalue weighted by molar-refractivity contribution is 0.610. The molecular weight excluding hydrogens is 268 g/mol. The summed E-state index contributed by atoms with van der Waals surface area (Å²) < 4.78 is 27.0. The topological polar surface area (TPSA) is 64.9 Å². The van der Waals surface area contributed by atoms with E-state index in [4.69, 9.17) is 11.5 Å². The summed E-state index contributed by atoms with van der Waals surface area (Å²) in [5.41, 5.74) is 11.0. The number of nitrogens with zero attached hydrogens (tertiary/aromatic N) is 1. The zero-order valence-corrected chi connectivity index (χ0v) is 8.98. The first-order chi connectivity index (χ1) is 7.02. The quantitative estimate of drug-likeness (QED) is 0.725. The van der Waals surface area contributed by atoms with Crippen molar-refractivity contribution in [2.24, 2.45) is 0 Å². The highest BCUT2D eigenvalue weighted by molar-refractivity contribution is 9.10. The fourth-order valence-electron chi connectivity index (χ4n) is 1.31. The van der Waals surface area contributed by atoms with Crippen LogP contribution in [0.2, 0.25) is 0 Å². The highest BCUT2D eigenvalue weighted by Crippen LogP contribution is 2.32. The molecule has 0 aliphatic rings. The molecule has 0 spiro atoms. The molecule has 0 fully saturated rings. The Morgan fingerprint density at radius 1 is 1.27 bits per heavy atom. The van der Waals surface area contributed by atoms with Gasteiger partial charge in [-0.15, -0.1) is 0 Å². The van der Waals surface area contributed by atoms with Crippen molar-refractivity contribution in [3.63, 3.8) is 0 Å². The highest BCUT2D eigenvalue weighted by atomic mass is 79.9. The normalized spacial score (nSPS) is 10.9. The maximum Gasteiger partial charge on any atom is 0.150 e. The molecule has 1 heterocycles. The van der Waals surface area contributed by atoms with Gasteiger partial charge in [0.15, 0.2) is 5.82 Å². The van der Waals surface area contributed by atoms with Gasteiger partial charge in [-0.1, -0.05) is 0 Å². The first-order valence-corrected chi connectivity index (χ1v) is 4.79. The van der Waals surface area contributed by atoms with E-state index in [9.17, 15) is 8.78 Å². The number of hydrogen-bond acceptors (Lipinski definition) is 3. The van der Waals surface area contributed by atoms with Crippen molar-refractivity contribution in [3.05, 3.63) is 28.4 Å². The monoisotopic (exact) mass is 273 g/mol. The van der Waals surface area contributed by atoms with Gasteiger partial charge < -0.3 is 11.5 Å². The molecule has 1 aromatic heterocycles. The van der Waals surface area contributed by atoms with Crippen molar-refractivity contribution in [3.8, 4) is 0 Å². The number of hydrogen-bond donors (Lipinski definition) is 2. The van der Waals surface area contributed by atoms with Gasteiger partial charge in [0.25, 0.3) is 0 Å². The molecule has 0 amide bonds. The molecule has 15 heavy (non-hydrogen) atoms. The van der Waals surface area contributed by atoms with Gasteiger partial charge in [0.05, 0.1) is 27.4 Å². The first kappa shape index (κ1) is 10.1. The lowest BCUT2D eigenvalue weighted by Gasteiger charge is -2.07. The second kappa shape index (κ2) is 3.30. The van der Waals surface area contributed by atoms with E-state index in [2.05, 4.69) is 20.9 Å². The molecule has 0 unspecified atom stereocenters.